The van der Waals surface area contributed by atoms with Crippen molar-refractivity contribution in [1.29, 1.82) is 0 Å². The van der Waals surface area contributed by atoms with Gasteiger partial charge in [-0.3, -0.25) is 11.3 Å². The predicted molar refractivity (Wildman–Crippen MR) is 77.1 cm³/mol. The van der Waals surface area contributed by atoms with Crippen molar-refractivity contribution >= 4 is 0 Å². The molecule has 1 aromatic rings. The summed E-state index contributed by atoms with van der Waals surface area (Å²) < 4.78 is 13.2. The summed E-state index contributed by atoms with van der Waals surface area (Å²) >= 11 is 0. The summed E-state index contributed by atoms with van der Waals surface area (Å²) in [6.45, 7) is 4.23. The van der Waals surface area contributed by atoms with Crippen molar-refractivity contribution in [1.82, 2.24) is 5.43 Å². The Labute approximate surface area is 115 Å². The van der Waals surface area contributed by atoms with E-state index in [1.165, 1.54) is 31.2 Å². The Balaban J connectivity index is 2.18. The number of hydrogen-bond donors (Lipinski definition) is 2. The maximum atomic E-state index is 13.2. The Bertz CT molecular complexity index is 425. The Morgan fingerprint density at radius 2 is 2.05 bits per heavy atom. The average Bonchev–Trinajstić information content (AvgIpc) is 2.88. The summed E-state index contributed by atoms with van der Waals surface area (Å²) in [6.07, 6.45) is 7.14. The standard InChI is InChI=1S/C16H25FN2/c1-3-16(8-4-5-9-16)15(19-18)11-13-6-7-14(17)10-12(13)2/h6-7,10,15,19H,3-5,8-9,11,18H2,1-2H3. The van der Waals surface area contributed by atoms with Crippen molar-refractivity contribution in [3.05, 3.63) is 35.1 Å². The van der Waals surface area contributed by atoms with E-state index in [4.69, 9.17) is 5.84 Å². The van der Waals surface area contributed by atoms with Crippen molar-refractivity contribution in [2.45, 2.75) is 58.4 Å². The van der Waals surface area contributed by atoms with Crippen LogP contribution in [0.3, 0.4) is 0 Å². The Morgan fingerprint density at radius 3 is 2.58 bits per heavy atom. The normalized spacial score (nSPS) is 19.6. The number of nitrogens with one attached hydrogen (secondary N) is 1. The summed E-state index contributed by atoms with van der Waals surface area (Å²) in [6, 6.07) is 5.33. The first-order valence-electron chi connectivity index (χ1n) is 7.32. The van der Waals surface area contributed by atoms with E-state index in [-0.39, 0.29) is 11.9 Å². The van der Waals surface area contributed by atoms with Crippen LogP contribution in [0.25, 0.3) is 0 Å². The third kappa shape index (κ3) is 2.98. The van der Waals surface area contributed by atoms with E-state index in [0.29, 0.717) is 5.41 Å². The van der Waals surface area contributed by atoms with Gasteiger partial charge in [0.05, 0.1) is 0 Å². The Morgan fingerprint density at radius 1 is 1.37 bits per heavy atom. The lowest BCUT2D eigenvalue weighted by molar-refractivity contribution is 0.185. The van der Waals surface area contributed by atoms with Crippen LogP contribution in [0.15, 0.2) is 18.2 Å². The van der Waals surface area contributed by atoms with Crippen LogP contribution in [-0.2, 0) is 6.42 Å². The predicted octanol–water partition coefficient (Wildman–Crippen LogP) is 3.48. The number of hydrogen-bond acceptors (Lipinski definition) is 2. The first-order chi connectivity index (χ1) is 9.11. The molecule has 3 N–H and O–H groups in total. The topological polar surface area (TPSA) is 38.0 Å². The highest BCUT2D eigenvalue weighted by Crippen LogP contribution is 2.44. The fourth-order valence-electron chi connectivity index (χ4n) is 3.59. The van der Waals surface area contributed by atoms with Crippen LogP contribution in [0.4, 0.5) is 4.39 Å². The minimum Gasteiger partial charge on any atom is -0.271 e. The molecule has 1 aromatic carbocycles. The van der Waals surface area contributed by atoms with Crippen molar-refractivity contribution in [2.24, 2.45) is 11.3 Å². The maximum Gasteiger partial charge on any atom is 0.123 e. The smallest absolute Gasteiger partial charge is 0.123 e. The molecule has 0 heterocycles. The molecule has 0 aliphatic heterocycles. The lowest BCUT2D eigenvalue weighted by atomic mass is 9.74. The fraction of sp³-hybridized carbons (Fsp3) is 0.625. The van der Waals surface area contributed by atoms with Crippen LogP contribution in [0.1, 0.15) is 50.2 Å². The average molecular weight is 264 g/mol. The number of halogens is 1. The molecule has 2 rings (SSSR count). The van der Waals surface area contributed by atoms with Crippen LogP contribution in [-0.4, -0.2) is 6.04 Å². The molecule has 106 valence electrons. The van der Waals surface area contributed by atoms with Gasteiger partial charge in [-0.1, -0.05) is 25.8 Å². The molecule has 1 saturated carbocycles. The zero-order chi connectivity index (χ0) is 13.9. The molecule has 0 saturated heterocycles. The van der Waals surface area contributed by atoms with E-state index in [9.17, 15) is 4.39 Å². The Kier molecular flexibility index (Phi) is 4.58. The van der Waals surface area contributed by atoms with E-state index in [0.717, 1.165) is 18.4 Å². The first-order valence-corrected chi connectivity index (χ1v) is 7.32. The molecular formula is C16H25FN2. The van der Waals surface area contributed by atoms with Crippen LogP contribution < -0.4 is 11.3 Å². The zero-order valence-corrected chi connectivity index (χ0v) is 12.0. The minimum absolute atomic E-state index is 0.162. The molecule has 2 nitrogen and oxygen atoms in total. The molecule has 0 radical (unpaired) electrons. The molecule has 0 amide bonds. The number of aryl methyl sites for hydroxylation is 1. The van der Waals surface area contributed by atoms with E-state index >= 15 is 0 Å². The number of benzene rings is 1. The van der Waals surface area contributed by atoms with Gasteiger partial charge in [0.25, 0.3) is 0 Å². The second-order valence-electron chi connectivity index (χ2n) is 5.92. The molecule has 1 aliphatic rings. The third-order valence-corrected chi connectivity index (χ3v) is 4.97. The van der Waals surface area contributed by atoms with Gasteiger partial charge in [-0.2, -0.15) is 0 Å². The summed E-state index contributed by atoms with van der Waals surface area (Å²) in [4.78, 5) is 0. The van der Waals surface area contributed by atoms with Crippen LogP contribution in [0, 0.1) is 18.2 Å². The number of hydrazine groups is 1. The largest absolute Gasteiger partial charge is 0.271 e. The SMILES string of the molecule is CCC1(C(Cc2ccc(F)cc2C)NN)CCCC1. The zero-order valence-electron chi connectivity index (χ0n) is 12.0. The van der Waals surface area contributed by atoms with Gasteiger partial charge in [-0.05, 0) is 61.3 Å². The third-order valence-electron chi connectivity index (χ3n) is 4.97. The van der Waals surface area contributed by atoms with Gasteiger partial charge < -0.3 is 0 Å². The molecular weight excluding hydrogens is 239 g/mol. The molecule has 19 heavy (non-hydrogen) atoms. The van der Waals surface area contributed by atoms with Crippen LogP contribution in [0.2, 0.25) is 0 Å². The second kappa shape index (κ2) is 6.02. The summed E-state index contributed by atoms with van der Waals surface area (Å²) in [5.41, 5.74) is 5.56. The van der Waals surface area contributed by atoms with Crippen molar-refractivity contribution < 1.29 is 4.39 Å². The molecule has 0 aromatic heterocycles. The van der Waals surface area contributed by atoms with Crippen molar-refractivity contribution in [3.8, 4) is 0 Å². The van der Waals surface area contributed by atoms with Gasteiger partial charge in [0, 0.05) is 6.04 Å². The number of nitrogens with two attached hydrogens (primary N) is 1. The van der Waals surface area contributed by atoms with Gasteiger partial charge in [0.1, 0.15) is 5.82 Å². The monoisotopic (exact) mass is 264 g/mol. The van der Waals surface area contributed by atoms with E-state index in [2.05, 4.69) is 12.3 Å². The molecule has 1 fully saturated rings. The molecule has 1 aliphatic carbocycles. The van der Waals surface area contributed by atoms with E-state index < -0.39 is 0 Å². The highest BCUT2D eigenvalue weighted by molar-refractivity contribution is 5.27. The number of rotatable bonds is 5. The molecule has 0 bridgehead atoms. The van der Waals surface area contributed by atoms with Gasteiger partial charge >= 0.3 is 0 Å². The Hall–Kier alpha value is -0.930. The lowest BCUT2D eigenvalue weighted by Crippen LogP contribution is -2.48. The lowest BCUT2D eigenvalue weighted by Gasteiger charge is -2.37. The van der Waals surface area contributed by atoms with Crippen molar-refractivity contribution in [3.63, 3.8) is 0 Å². The quantitative estimate of drug-likeness (QED) is 0.631. The van der Waals surface area contributed by atoms with E-state index in [1.54, 1.807) is 12.1 Å². The molecule has 3 heteroatoms. The highest BCUT2D eigenvalue weighted by atomic mass is 19.1. The summed E-state index contributed by atoms with van der Waals surface area (Å²) in [5, 5.41) is 0. The summed E-state index contributed by atoms with van der Waals surface area (Å²) in [5.74, 6) is 5.65. The molecule has 1 unspecified atom stereocenters. The van der Waals surface area contributed by atoms with E-state index in [1.807, 2.05) is 13.0 Å². The summed E-state index contributed by atoms with van der Waals surface area (Å²) in [7, 11) is 0. The molecule has 1 atom stereocenters. The van der Waals surface area contributed by atoms with Gasteiger partial charge in [0.2, 0.25) is 0 Å². The van der Waals surface area contributed by atoms with Gasteiger partial charge in [0.15, 0.2) is 0 Å². The maximum absolute atomic E-state index is 13.2. The van der Waals surface area contributed by atoms with Crippen molar-refractivity contribution in [2.75, 3.05) is 0 Å². The second-order valence-corrected chi connectivity index (χ2v) is 5.92. The fourth-order valence-corrected chi connectivity index (χ4v) is 3.59. The van der Waals surface area contributed by atoms with Crippen LogP contribution in [0.5, 0.6) is 0 Å². The minimum atomic E-state index is -0.162. The highest BCUT2D eigenvalue weighted by Gasteiger charge is 2.39. The van der Waals surface area contributed by atoms with Crippen LogP contribution >= 0.6 is 0 Å². The molecule has 0 spiro atoms. The first kappa shape index (κ1) is 14.5. The van der Waals surface area contributed by atoms with Gasteiger partial charge in [-0.25, -0.2) is 4.39 Å². The van der Waals surface area contributed by atoms with Gasteiger partial charge in [-0.15, -0.1) is 0 Å².